The summed E-state index contributed by atoms with van der Waals surface area (Å²) < 4.78 is 0. The predicted molar refractivity (Wildman–Crippen MR) is 21.9 cm³/mol. The van der Waals surface area contributed by atoms with Crippen LogP contribution in [0.3, 0.4) is 0 Å². The van der Waals surface area contributed by atoms with E-state index in [9.17, 15) is 0 Å². The van der Waals surface area contributed by atoms with Crippen LogP contribution in [0.25, 0.3) is 0 Å². The topological polar surface area (TPSA) is 105 Å². The SMILES string of the molecule is O=[N+]([O-])OO[N+](=O)[O-].[K]. The van der Waals surface area contributed by atoms with Gasteiger partial charge in [0, 0.05) is 51.4 Å². The standard InChI is InChI=1S/K.N2O6/c;3-1(4)7-8-2(5)6. The number of nitrogens with zero attached hydrogens (tertiary/aromatic N) is 2. The third kappa shape index (κ3) is 11.5. The third-order valence-corrected chi connectivity index (χ3v) is 0.155. The molecular weight excluding hydrogens is 163 g/mol. The largest absolute Gasteiger partial charge is 0.322 e. The molecule has 0 heterocycles. The van der Waals surface area contributed by atoms with E-state index in [1.54, 1.807) is 0 Å². The Labute approximate surface area is 90.7 Å². The molecule has 8 nitrogen and oxygen atoms in total. The van der Waals surface area contributed by atoms with Gasteiger partial charge in [-0.15, -0.1) is 30.2 Å². The molecule has 1 radical (unpaired) electrons. The Morgan fingerprint density at radius 3 is 1.33 bits per heavy atom. The molecule has 0 aliphatic rings. The molecule has 0 saturated carbocycles. The molecule has 0 amide bonds. The van der Waals surface area contributed by atoms with E-state index in [1.807, 2.05) is 0 Å². The summed E-state index contributed by atoms with van der Waals surface area (Å²) in [5.41, 5.74) is 0. The maximum absolute atomic E-state index is 9.06. The average Bonchev–Trinajstić information content (AvgIpc) is 1.61. The minimum atomic E-state index is -1.44. The molecule has 0 fully saturated rings. The average molecular weight is 163 g/mol. The van der Waals surface area contributed by atoms with Crippen molar-refractivity contribution in [2.45, 2.75) is 0 Å². The van der Waals surface area contributed by atoms with Gasteiger partial charge < -0.3 is 0 Å². The van der Waals surface area contributed by atoms with Gasteiger partial charge in [-0.25, -0.2) is 0 Å². The molecule has 0 saturated heterocycles. The van der Waals surface area contributed by atoms with Crippen LogP contribution in [0.2, 0.25) is 0 Å². The van der Waals surface area contributed by atoms with E-state index in [-0.39, 0.29) is 51.4 Å². The Morgan fingerprint density at radius 1 is 1.00 bits per heavy atom. The molecule has 0 bridgehead atoms. The first kappa shape index (κ1) is 11.8. The summed E-state index contributed by atoms with van der Waals surface area (Å²) in [5, 5.41) is 15.2. The zero-order valence-corrected chi connectivity index (χ0v) is 7.47. The zero-order chi connectivity index (χ0) is 6.57. The van der Waals surface area contributed by atoms with Gasteiger partial charge in [-0.2, -0.15) is 0 Å². The van der Waals surface area contributed by atoms with E-state index in [0.29, 0.717) is 0 Å². The van der Waals surface area contributed by atoms with Gasteiger partial charge in [0.05, 0.1) is 0 Å². The molecular formula is KN2O6. The molecule has 47 valence electrons. The van der Waals surface area contributed by atoms with Crippen LogP contribution in [-0.4, -0.2) is 61.6 Å². The summed E-state index contributed by atoms with van der Waals surface area (Å²) in [6.45, 7) is 0. The van der Waals surface area contributed by atoms with Crippen molar-refractivity contribution in [3.8, 4) is 0 Å². The maximum atomic E-state index is 9.06. The van der Waals surface area contributed by atoms with E-state index >= 15 is 0 Å². The van der Waals surface area contributed by atoms with Gasteiger partial charge >= 0.3 is 10.2 Å². The molecule has 0 aromatic rings. The fraction of sp³-hybridized carbons (Fsp3) is 0. The molecule has 0 aromatic carbocycles. The first-order valence-electron chi connectivity index (χ1n) is 1.26. The number of hydrogen-bond acceptors (Lipinski definition) is 6. The molecule has 0 aliphatic carbocycles. The Bertz CT molecular complexity index is 95.6. The van der Waals surface area contributed by atoms with Crippen molar-refractivity contribution in [1.82, 2.24) is 0 Å². The van der Waals surface area contributed by atoms with Crippen molar-refractivity contribution in [2.75, 3.05) is 0 Å². The van der Waals surface area contributed by atoms with Crippen LogP contribution >= 0.6 is 0 Å². The summed E-state index contributed by atoms with van der Waals surface area (Å²) in [6, 6.07) is 0. The molecule has 0 N–H and O–H groups in total. The maximum Gasteiger partial charge on any atom is 0.322 e. The van der Waals surface area contributed by atoms with Crippen LogP contribution in [0, 0.1) is 20.2 Å². The number of hydrogen-bond donors (Lipinski definition) is 0. The normalized spacial score (nSPS) is 6.67. The first-order chi connectivity index (χ1) is 3.63. The van der Waals surface area contributed by atoms with Gasteiger partial charge in [0.1, 0.15) is 0 Å². The summed E-state index contributed by atoms with van der Waals surface area (Å²) in [4.78, 5) is 23.8. The van der Waals surface area contributed by atoms with E-state index in [2.05, 4.69) is 9.98 Å². The van der Waals surface area contributed by atoms with Gasteiger partial charge in [-0.1, -0.05) is 0 Å². The molecule has 0 spiro atoms. The fourth-order valence-corrected chi connectivity index (χ4v) is 0.0544. The summed E-state index contributed by atoms with van der Waals surface area (Å²) in [5.74, 6) is 0. The fourth-order valence-electron chi connectivity index (χ4n) is 0.0544. The molecule has 9 heteroatoms. The number of rotatable bonds is 3. The van der Waals surface area contributed by atoms with Crippen molar-refractivity contribution in [3.63, 3.8) is 0 Å². The van der Waals surface area contributed by atoms with E-state index in [0.717, 1.165) is 0 Å². The summed E-state index contributed by atoms with van der Waals surface area (Å²) in [7, 11) is 0. The molecule has 9 heavy (non-hydrogen) atoms. The molecule has 0 unspecified atom stereocenters. The van der Waals surface area contributed by atoms with E-state index < -0.39 is 10.2 Å². The Balaban J connectivity index is 0. The van der Waals surface area contributed by atoms with Gasteiger partial charge in [0.25, 0.3) is 0 Å². The van der Waals surface area contributed by atoms with Crippen molar-refractivity contribution in [2.24, 2.45) is 0 Å². The zero-order valence-electron chi connectivity index (χ0n) is 4.34. The molecule has 0 aliphatic heterocycles. The Kier molecular flexibility index (Phi) is 8.07. The van der Waals surface area contributed by atoms with Crippen LogP contribution in [0.15, 0.2) is 0 Å². The van der Waals surface area contributed by atoms with Crippen molar-refractivity contribution in [3.05, 3.63) is 20.2 Å². The van der Waals surface area contributed by atoms with Crippen LogP contribution in [-0.2, 0) is 9.98 Å². The second-order valence-corrected chi connectivity index (χ2v) is 0.596. The van der Waals surface area contributed by atoms with Crippen LogP contribution in [0.1, 0.15) is 0 Å². The van der Waals surface area contributed by atoms with Crippen LogP contribution in [0.4, 0.5) is 0 Å². The minimum absolute atomic E-state index is 0. The molecule has 0 aromatic heterocycles. The van der Waals surface area contributed by atoms with E-state index in [4.69, 9.17) is 20.2 Å². The van der Waals surface area contributed by atoms with Gasteiger partial charge in [-0.3, -0.25) is 0 Å². The van der Waals surface area contributed by atoms with Crippen molar-refractivity contribution >= 4 is 51.4 Å². The first-order valence-corrected chi connectivity index (χ1v) is 1.26. The van der Waals surface area contributed by atoms with Crippen LogP contribution < -0.4 is 0 Å². The third-order valence-electron chi connectivity index (χ3n) is 0.155. The van der Waals surface area contributed by atoms with E-state index in [1.165, 1.54) is 0 Å². The monoisotopic (exact) mass is 163 g/mol. The molecule has 0 atom stereocenters. The van der Waals surface area contributed by atoms with Gasteiger partial charge in [0.2, 0.25) is 0 Å². The Hall–Kier alpha value is 0.0364. The molecule has 0 rings (SSSR count). The second-order valence-electron chi connectivity index (χ2n) is 0.596. The summed E-state index contributed by atoms with van der Waals surface area (Å²) in [6.07, 6.45) is 0. The van der Waals surface area contributed by atoms with Gasteiger partial charge in [-0.05, 0) is 0 Å². The summed E-state index contributed by atoms with van der Waals surface area (Å²) >= 11 is 0. The second kappa shape index (κ2) is 6.16. The van der Waals surface area contributed by atoms with Gasteiger partial charge in [0.15, 0.2) is 0 Å². The van der Waals surface area contributed by atoms with Crippen molar-refractivity contribution in [1.29, 1.82) is 0 Å². The Morgan fingerprint density at radius 2 is 1.22 bits per heavy atom. The minimum Gasteiger partial charge on any atom is -0.107 e. The quantitative estimate of drug-likeness (QED) is 0.227. The predicted octanol–water partition coefficient (Wildman–Crippen LogP) is -1.06. The smallest absolute Gasteiger partial charge is 0.107 e. The van der Waals surface area contributed by atoms with Crippen molar-refractivity contribution < 1.29 is 20.1 Å². The van der Waals surface area contributed by atoms with Crippen LogP contribution in [0.5, 0.6) is 0 Å².